The first-order valence-corrected chi connectivity index (χ1v) is 8.13. The van der Waals surface area contributed by atoms with Crippen LogP contribution in [0.4, 0.5) is 24.5 Å². The molecule has 5 nitrogen and oxygen atoms in total. The van der Waals surface area contributed by atoms with Gasteiger partial charge in [0.2, 0.25) is 11.8 Å². The molecule has 26 heavy (non-hydrogen) atoms. The third-order valence-electron chi connectivity index (χ3n) is 3.84. The van der Waals surface area contributed by atoms with Crippen LogP contribution < -0.4 is 15.0 Å². The Morgan fingerprint density at radius 2 is 2.08 bits per heavy atom. The van der Waals surface area contributed by atoms with E-state index in [-0.39, 0.29) is 12.5 Å². The van der Waals surface area contributed by atoms with Crippen LogP contribution in [0, 0.1) is 0 Å². The van der Waals surface area contributed by atoms with Gasteiger partial charge in [-0.15, -0.1) is 0 Å². The zero-order valence-corrected chi connectivity index (χ0v) is 14.4. The summed E-state index contributed by atoms with van der Waals surface area (Å²) in [6, 6.07) is 6.44. The Morgan fingerprint density at radius 3 is 2.69 bits per heavy atom. The number of alkyl halides is 3. The summed E-state index contributed by atoms with van der Waals surface area (Å²) in [5.74, 6) is 0.0976. The minimum absolute atomic E-state index is 0.204. The molecule has 1 amide bonds. The van der Waals surface area contributed by atoms with Gasteiger partial charge in [-0.3, -0.25) is 4.79 Å². The molecule has 0 fully saturated rings. The largest absolute Gasteiger partial charge is 0.469 e. The summed E-state index contributed by atoms with van der Waals surface area (Å²) in [5, 5.41) is 3.04. The maximum atomic E-state index is 12.8. The molecule has 1 aromatic carbocycles. The number of hydrogen-bond donors (Lipinski definition) is 1. The molecule has 2 aromatic rings. The van der Waals surface area contributed by atoms with Gasteiger partial charge in [0.1, 0.15) is 11.8 Å². The smallest absolute Gasteiger partial charge is 0.416 e. The van der Waals surface area contributed by atoms with Gasteiger partial charge in [-0.2, -0.15) is 13.2 Å². The molecule has 1 N–H and O–H groups in total. The van der Waals surface area contributed by atoms with Crippen molar-refractivity contribution in [3.63, 3.8) is 0 Å². The zero-order chi connectivity index (χ0) is 18.9. The van der Waals surface area contributed by atoms with E-state index >= 15 is 0 Å². The van der Waals surface area contributed by atoms with Gasteiger partial charge in [0, 0.05) is 18.8 Å². The van der Waals surface area contributed by atoms with E-state index in [1.807, 2.05) is 0 Å². The molecule has 9 heteroatoms. The van der Waals surface area contributed by atoms with Crippen molar-refractivity contribution >= 4 is 28.9 Å². The summed E-state index contributed by atoms with van der Waals surface area (Å²) in [6.45, 7) is 1.96. The molecule has 3 rings (SSSR count). The Bertz CT molecular complexity index is 812. The number of nitrogens with zero attached hydrogens (tertiary/aromatic N) is 2. The van der Waals surface area contributed by atoms with Crippen molar-refractivity contribution in [3.8, 4) is 5.88 Å². The molecule has 0 spiro atoms. The Hall–Kier alpha value is -2.48. The first kappa shape index (κ1) is 18.3. The normalized spacial score (nSPS) is 16.7. The van der Waals surface area contributed by atoms with Gasteiger partial charge < -0.3 is 15.0 Å². The highest BCUT2D eigenvalue weighted by Crippen LogP contribution is 2.39. The Morgan fingerprint density at radius 1 is 1.38 bits per heavy atom. The highest BCUT2D eigenvalue weighted by atomic mass is 35.5. The van der Waals surface area contributed by atoms with Crippen LogP contribution in [0.25, 0.3) is 0 Å². The van der Waals surface area contributed by atoms with Crippen molar-refractivity contribution in [2.75, 3.05) is 18.0 Å². The number of benzene rings is 1. The summed E-state index contributed by atoms with van der Waals surface area (Å²) in [5.41, 5.74) is 0.365. The monoisotopic (exact) mass is 385 g/mol. The lowest BCUT2D eigenvalue weighted by Gasteiger charge is -2.35. The maximum Gasteiger partial charge on any atom is 0.416 e. The average Bonchev–Trinajstić information content (AvgIpc) is 2.59. The molecule has 0 radical (unpaired) electrons. The molecule has 0 unspecified atom stereocenters. The third kappa shape index (κ3) is 4.01. The number of pyridine rings is 1. The van der Waals surface area contributed by atoms with Crippen LogP contribution in [0.2, 0.25) is 5.02 Å². The number of aromatic nitrogens is 1. The van der Waals surface area contributed by atoms with E-state index in [9.17, 15) is 18.0 Å². The van der Waals surface area contributed by atoms with Crippen LogP contribution in [0.1, 0.15) is 12.5 Å². The third-order valence-corrected chi connectivity index (χ3v) is 4.05. The van der Waals surface area contributed by atoms with E-state index in [0.717, 1.165) is 12.1 Å². The second-order valence-corrected chi connectivity index (χ2v) is 6.25. The zero-order valence-electron chi connectivity index (χ0n) is 13.7. The van der Waals surface area contributed by atoms with Crippen molar-refractivity contribution in [1.82, 2.24) is 10.3 Å². The molecule has 0 bridgehead atoms. The molecular formula is C17H15ClF3N3O2. The molecule has 0 saturated carbocycles. The molecule has 2 heterocycles. The standard InChI is InChI=1S/C17H15ClF3N3O2/c1-10(25)22-8-14-9-24(15-6-12(18)7-23-16(15)26-14)13-4-2-11(3-5-13)17(19,20)21/h2-7,14H,8-9H2,1H3,(H,22,25)/t14-/m1/s1. The highest BCUT2D eigenvalue weighted by molar-refractivity contribution is 6.30. The van der Waals surface area contributed by atoms with Crippen LogP contribution in [0.5, 0.6) is 5.88 Å². The first-order chi connectivity index (χ1) is 12.2. The summed E-state index contributed by atoms with van der Waals surface area (Å²) in [6.07, 6.45) is -3.39. The fourth-order valence-electron chi connectivity index (χ4n) is 2.64. The van der Waals surface area contributed by atoms with Crippen LogP contribution in [0.3, 0.4) is 0 Å². The van der Waals surface area contributed by atoms with E-state index in [1.54, 1.807) is 11.0 Å². The number of fused-ring (bicyclic) bond motifs is 1. The number of halogens is 4. The number of amides is 1. The highest BCUT2D eigenvalue weighted by Gasteiger charge is 2.32. The minimum Gasteiger partial charge on any atom is -0.469 e. The second kappa shape index (κ2) is 7.03. The number of carbonyl (C=O) groups is 1. The predicted octanol–water partition coefficient (Wildman–Crippen LogP) is 3.79. The first-order valence-electron chi connectivity index (χ1n) is 7.75. The Labute approximate surface area is 152 Å². The fraction of sp³-hybridized carbons (Fsp3) is 0.294. The van der Waals surface area contributed by atoms with E-state index in [1.165, 1.54) is 25.3 Å². The van der Waals surface area contributed by atoms with Gasteiger partial charge in [-0.25, -0.2) is 4.98 Å². The number of hydrogen-bond acceptors (Lipinski definition) is 4. The number of carbonyl (C=O) groups excluding carboxylic acids is 1. The second-order valence-electron chi connectivity index (χ2n) is 5.81. The van der Waals surface area contributed by atoms with Crippen LogP contribution in [-0.2, 0) is 11.0 Å². The topological polar surface area (TPSA) is 54.5 Å². The number of anilines is 2. The summed E-state index contributed by atoms with van der Waals surface area (Å²) >= 11 is 6.00. The average molecular weight is 386 g/mol. The quantitative estimate of drug-likeness (QED) is 0.873. The van der Waals surface area contributed by atoms with E-state index in [2.05, 4.69) is 10.3 Å². The van der Waals surface area contributed by atoms with Crippen LogP contribution in [0.15, 0.2) is 36.5 Å². The lowest BCUT2D eigenvalue weighted by Crippen LogP contribution is -2.44. The van der Waals surface area contributed by atoms with E-state index < -0.39 is 17.8 Å². The molecule has 1 aliphatic rings. The molecular weight excluding hydrogens is 371 g/mol. The number of ether oxygens (including phenoxy) is 1. The van der Waals surface area contributed by atoms with E-state index in [0.29, 0.717) is 28.8 Å². The molecule has 1 atom stereocenters. The van der Waals surface area contributed by atoms with Gasteiger partial charge in [-0.05, 0) is 30.3 Å². The van der Waals surface area contributed by atoms with Gasteiger partial charge >= 0.3 is 6.18 Å². The minimum atomic E-state index is -4.40. The predicted molar refractivity (Wildman–Crippen MR) is 90.8 cm³/mol. The van der Waals surface area contributed by atoms with Crippen molar-refractivity contribution in [2.24, 2.45) is 0 Å². The fourth-order valence-corrected chi connectivity index (χ4v) is 2.79. The van der Waals surface area contributed by atoms with Gasteiger partial charge in [0.25, 0.3) is 0 Å². The van der Waals surface area contributed by atoms with Gasteiger partial charge in [0.05, 0.1) is 23.7 Å². The lowest BCUT2D eigenvalue weighted by atomic mass is 10.1. The SMILES string of the molecule is CC(=O)NC[C@@H]1CN(c2ccc(C(F)(F)F)cc2)c2cc(Cl)cnc2O1. The van der Waals surface area contributed by atoms with E-state index in [4.69, 9.17) is 16.3 Å². The van der Waals surface area contributed by atoms with Crippen molar-refractivity contribution in [2.45, 2.75) is 19.2 Å². The van der Waals surface area contributed by atoms with Gasteiger partial charge in [-0.1, -0.05) is 11.6 Å². The molecule has 1 aromatic heterocycles. The van der Waals surface area contributed by atoms with Gasteiger partial charge in [0.15, 0.2) is 0 Å². The molecule has 0 saturated heterocycles. The van der Waals surface area contributed by atoms with Crippen molar-refractivity contribution in [3.05, 3.63) is 47.1 Å². The van der Waals surface area contributed by atoms with Crippen molar-refractivity contribution in [1.29, 1.82) is 0 Å². The summed E-state index contributed by atoms with van der Waals surface area (Å²) < 4.78 is 44.1. The maximum absolute atomic E-state index is 12.8. The summed E-state index contributed by atoms with van der Waals surface area (Å²) in [7, 11) is 0. The lowest BCUT2D eigenvalue weighted by molar-refractivity contribution is -0.137. The van der Waals surface area contributed by atoms with Crippen LogP contribution in [-0.4, -0.2) is 30.1 Å². The Kier molecular flexibility index (Phi) is 4.95. The Balaban J connectivity index is 1.93. The van der Waals surface area contributed by atoms with Crippen molar-refractivity contribution < 1.29 is 22.7 Å². The van der Waals surface area contributed by atoms with Crippen LogP contribution >= 0.6 is 11.6 Å². The molecule has 138 valence electrons. The molecule has 1 aliphatic heterocycles. The number of nitrogens with one attached hydrogen (secondary N) is 1. The number of rotatable bonds is 3. The molecule has 0 aliphatic carbocycles. The summed E-state index contributed by atoms with van der Waals surface area (Å²) in [4.78, 5) is 17.0.